The standard InChI is InChI=1S/C22H30O5/c1-12-8-14-15-5-7-22(27,18(26)11-23)21(15,3)10-17(25)19(14)20(2)6-4-13(24)9-16(12)20/h4,6,9,12,14-15,17,19,23,25,27H,5,7-8,10-11H2,1-3H3/t12-,14+,15+,17+,19+,20-,21-,22-/m0/s1. The highest BCUT2D eigenvalue weighted by Gasteiger charge is 2.68. The predicted octanol–water partition coefficient (Wildman–Crippen LogP) is 1.80. The van der Waals surface area contributed by atoms with Crippen LogP contribution in [0.2, 0.25) is 0 Å². The molecule has 0 aliphatic heterocycles. The normalized spacial score (nSPS) is 51.3. The number of aliphatic hydroxyl groups excluding tert-OH is 2. The fourth-order valence-electron chi connectivity index (χ4n) is 7.34. The van der Waals surface area contributed by atoms with Crippen molar-refractivity contribution in [3.8, 4) is 0 Å². The van der Waals surface area contributed by atoms with E-state index in [1.165, 1.54) is 0 Å². The minimum absolute atomic E-state index is 0.00620. The highest BCUT2D eigenvalue weighted by atomic mass is 16.3. The topological polar surface area (TPSA) is 94.8 Å². The molecule has 8 atom stereocenters. The molecule has 3 N–H and O–H groups in total. The van der Waals surface area contributed by atoms with Crippen molar-refractivity contribution in [3.63, 3.8) is 0 Å². The van der Waals surface area contributed by atoms with Crippen molar-refractivity contribution in [1.29, 1.82) is 0 Å². The van der Waals surface area contributed by atoms with E-state index in [9.17, 15) is 24.9 Å². The summed E-state index contributed by atoms with van der Waals surface area (Å²) in [6.07, 6.45) is 6.87. The lowest BCUT2D eigenvalue weighted by molar-refractivity contribution is -0.180. The van der Waals surface area contributed by atoms with E-state index in [2.05, 4.69) is 13.8 Å². The highest BCUT2D eigenvalue weighted by Crippen LogP contribution is 2.67. The number of carbonyl (C=O) groups is 2. The second kappa shape index (κ2) is 5.85. The molecule has 0 unspecified atom stereocenters. The molecule has 4 rings (SSSR count). The fourth-order valence-corrected chi connectivity index (χ4v) is 7.34. The Morgan fingerprint density at radius 3 is 2.70 bits per heavy atom. The van der Waals surface area contributed by atoms with Crippen molar-refractivity contribution >= 4 is 11.6 Å². The van der Waals surface area contributed by atoms with Crippen LogP contribution in [0.1, 0.15) is 46.5 Å². The van der Waals surface area contributed by atoms with Crippen molar-refractivity contribution in [2.45, 2.75) is 58.2 Å². The number of fused-ring (bicyclic) bond motifs is 5. The molecule has 4 aliphatic rings. The van der Waals surface area contributed by atoms with Gasteiger partial charge in [0, 0.05) is 16.7 Å². The molecule has 0 heterocycles. The average Bonchev–Trinajstić information content (AvgIpc) is 2.87. The summed E-state index contributed by atoms with van der Waals surface area (Å²) in [5.41, 5.74) is -1.59. The van der Waals surface area contributed by atoms with Crippen LogP contribution in [-0.4, -0.2) is 45.2 Å². The molecule has 5 heteroatoms. The van der Waals surface area contributed by atoms with E-state index in [1.807, 2.05) is 13.0 Å². The van der Waals surface area contributed by atoms with E-state index < -0.39 is 29.5 Å². The first kappa shape index (κ1) is 19.0. The zero-order chi connectivity index (χ0) is 19.8. The first-order valence-corrected chi connectivity index (χ1v) is 10.1. The Labute approximate surface area is 160 Å². The van der Waals surface area contributed by atoms with E-state index in [-0.39, 0.29) is 34.9 Å². The van der Waals surface area contributed by atoms with Crippen LogP contribution in [0, 0.1) is 34.5 Å². The Morgan fingerprint density at radius 2 is 2.04 bits per heavy atom. The second-order valence-corrected chi connectivity index (χ2v) is 9.72. The van der Waals surface area contributed by atoms with E-state index in [0.717, 1.165) is 18.4 Å². The number of ketones is 2. The van der Waals surface area contributed by atoms with Gasteiger partial charge in [-0.3, -0.25) is 9.59 Å². The number of hydrogen-bond acceptors (Lipinski definition) is 5. The lowest BCUT2D eigenvalue weighted by atomic mass is 9.45. The van der Waals surface area contributed by atoms with Gasteiger partial charge in [-0.05, 0) is 55.6 Å². The number of carbonyl (C=O) groups excluding carboxylic acids is 2. The lowest BCUT2D eigenvalue weighted by Gasteiger charge is -2.60. The molecule has 0 radical (unpaired) electrons. The van der Waals surface area contributed by atoms with Gasteiger partial charge >= 0.3 is 0 Å². The molecule has 0 saturated heterocycles. The molecule has 5 nitrogen and oxygen atoms in total. The zero-order valence-corrected chi connectivity index (χ0v) is 16.3. The third kappa shape index (κ3) is 2.28. The van der Waals surface area contributed by atoms with Gasteiger partial charge in [0.05, 0.1) is 6.10 Å². The SMILES string of the molecule is C[C@H]1C[C@H]2[C@H]([C@H](O)C[C@@]3(C)[C@@H]2CC[C@]3(O)C(=O)CO)[C@@]2(C)C=CC(=O)C=C12. The van der Waals surface area contributed by atoms with Gasteiger partial charge in [0.1, 0.15) is 12.2 Å². The third-order valence-electron chi connectivity index (χ3n) is 8.57. The summed E-state index contributed by atoms with van der Waals surface area (Å²) in [6.45, 7) is 5.48. The minimum Gasteiger partial charge on any atom is -0.393 e. The van der Waals surface area contributed by atoms with Gasteiger partial charge in [0.25, 0.3) is 0 Å². The lowest BCUT2D eigenvalue weighted by Crippen LogP contribution is -2.62. The summed E-state index contributed by atoms with van der Waals surface area (Å²) in [4.78, 5) is 24.4. The minimum atomic E-state index is -1.57. The number of Topliss-reactive ketones (excluding diaryl/α,β-unsaturated/α-hetero) is 1. The number of allylic oxidation sites excluding steroid dienone is 4. The summed E-state index contributed by atoms with van der Waals surface area (Å²) >= 11 is 0. The molecule has 4 aliphatic carbocycles. The fraction of sp³-hybridized carbons (Fsp3) is 0.727. The van der Waals surface area contributed by atoms with Crippen LogP contribution in [0.3, 0.4) is 0 Å². The maximum Gasteiger partial charge on any atom is 0.190 e. The molecule has 0 bridgehead atoms. The smallest absolute Gasteiger partial charge is 0.190 e. The molecule has 0 aromatic rings. The highest BCUT2D eigenvalue weighted by molar-refractivity contribution is 6.01. The van der Waals surface area contributed by atoms with Crippen molar-refractivity contribution < 1.29 is 24.9 Å². The molecule has 27 heavy (non-hydrogen) atoms. The van der Waals surface area contributed by atoms with Crippen LogP contribution in [0.5, 0.6) is 0 Å². The molecule has 3 saturated carbocycles. The predicted molar refractivity (Wildman–Crippen MR) is 99.6 cm³/mol. The molecule has 0 amide bonds. The quantitative estimate of drug-likeness (QED) is 0.685. The number of aliphatic hydroxyl groups is 3. The molecule has 3 fully saturated rings. The van der Waals surface area contributed by atoms with Gasteiger partial charge in [0.15, 0.2) is 11.6 Å². The van der Waals surface area contributed by atoms with Gasteiger partial charge < -0.3 is 15.3 Å². The Morgan fingerprint density at radius 1 is 1.33 bits per heavy atom. The van der Waals surface area contributed by atoms with Crippen molar-refractivity contribution in [2.75, 3.05) is 6.61 Å². The van der Waals surface area contributed by atoms with Crippen molar-refractivity contribution in [3.05, 3.63) is 23.8 Å². The van der Waals surface area contributed by atoms with E-state index in [1.54, 1.807) is 12.2 Å². The van der Waals surface area contributed by atoms with Gasteiger partial charge in [-0.25, -0.2) is 0 Å². The van der Waals surface area contributed by atoms with Gasteiger partial charge in [-0.2, -0.15) is 0 Å². The van der Waals surface area contributed by atoms with Crippen LogP contribution >= 0.6 is 0 Å². The molecule has 0 aromatic heterocycles. The maximum atomic E-state index is 12.4. The van der Waals surface area contributed by atoms with Crippen molar-refractivity contribution in [1.82, 2.24) is 0 Å². The van der Waals surface area contributed by atoms with Gasteiger partial charge in [0.2, 0.25) is 0 Å². The van der Waals surface area contributed by atoms with E-state index >= 15 is 0 Å². The molecule has 0 spiro atoms. The first-order valence-electron chi connectivity index (χ1n) is 10.1. The van der Waals surface area contributed by atoms with Crippen LogP contribution in [0.25, 0.3) is 0 Å². The summed E-state index contributed by atoms with van der Waals surface area (Å²) in [6, 6.07) is 0. The summed E-state index contributed by atoms with van der Waals surface area (Å²) < 4.78 is 0. The van der Waals surface area contributed by atoms with Crippen LogP contribution in [0.4, 0.5) is 0 Å². The Kier molecular flexibility index (Phi) is 4.12. The van der Waals surface area contributed by atoms with Crippen molar-refractivity contribution in [2.24, 2.45) is 34.5 Å². The van der Waals surface area contributed by atoms with Crippen LogP contribution < -0.4 is 0 Å². The van der Waals surface area contributed by atoms with Crippen LogP contribution in [-0.2, 0) is 9.59 Å². The van der Waals surface area contributed by atoms with E-state index in [0.29, 0.717) is 12.8 Å². The Hall–Kier alpha value is -1.30. The molecular formula is C22H30O5. The average molecular weight is 374 g/mol. The second-order valence-electron chi connectivity index (χ2n) is 9.72. The van der Waals surface area contributed by atoms with Gasteiger partial charge in [-0.1, -0.05) is 32.4 Å². The number of hydrogen-bond donors (Lipinski definition) is 3. The first-order chi connectivity index (χ1) is 12.6. The zero-order valence-electron chi connectivity index (χ0n) is 16.3. The molecule has 0 aromatic carbocycles. The molecule has 148 valence electrons. The van der Waals surface area contributed by atoms with Gasteiger partial charge in [-0.15, -0.1) is 0 Å². The largest absolute Gasteiger partial charge is 0.393 e. The Balaban J connectivity index is 1.78. The summed E-state index contributed by atoms with van der Waals surface area (Å²) in [7, 11) is 0. The maximum absolute atomic E-state index is 12.4. The number of rotatable bonds is 2. The van der Waals surface area contributed by atoms with Crippen LogP contribution in [0.15, 0.2) is 23.8 Å². The third-order valence-corrected chi connectivity index (χ3v) is 8.57. The summed E-state index contributed by atoms with van der Waals surface area (Å²) in [5.74, 6) is -0.0768. The molecular weight excluding hydrogens is 344 g/mol. The van der Waals surface area contributed by atoms with E-state index in [4.69, 9.17) is 0 Å². The monoisotopic (exact) mass is 374 g/mol. The Bertz CT molecular complexity index is 754. The summed E-state index contributed by atoms with van der Waals surface area (Å²) in [5, 5.41) is 31.9.